The van der Waals surface area contributed by atoms with Crippen LogP contribution in [0.1, 0.15) is 111 Å². The predicted molar refractivity (Wildman–Crippen MR) is 205 cm³/mol. The molecule has 0 aromatic carbocycles. The number of likely N-dealkylation sites (N-methyl/N-ethyl adjacent to an activating group) is 1. The zero-order valence-corrected chi connectivity index (χ0v) is 34.0. The van der Waals surface area contributed by atoms with Crippen molar-refractivity contribution in [2.75, 3.05) is 27.3 Å². The van der Waals surface area contributed by atoms with Crippen molar-refractivity contribution in [1.29, 1.82) is 0 Å². The molecule has 2 N–H and O–H groups in total. The van der Waals surface area contributed by atoms with E-state index in [1.807, 2.05) is 13.8 Å². The number of aliphatic hydroxyl groups is 1. The fraction of sp³-hybridized carbons (Fsp3) is 0.884. The number of fused-ring (bicyclic) bond motifs is 7. The Bertz CT molecular complexity index is 1330. The summed E-state index contributed by atoms with van der Waals surface area (Å²) in [4.78, 5) is 13.6. The van der Waals surface area contributed by atoms with Crippen molar-refractivity contribution in [2.24, 2.45) is 5.92 Å². The molecule has 7 rings (SSSR count). The summed E-state index contributed by atoms with van der Waals surface area (Å²) < 4.78 is 58.2. The van der Waals surface area contributed by atoms with E-state index >= 15 is 0 Å². The quantitative estimate of drug-likeness (QED) is 0.190. The molecule has 0 saturated carbocycles. The monoisotopic (exact) mass is 775 g/mol. The molecule has 7 fully saturated rings. The van der Waals surface area contributed by atoms with Gasteiger partial charge in [0.2, 0.25) is 0 Å². The van der Waals surface area contributed by atoms with Gasteiger partial charge in [0, 0.05) is 65.2 Å². The molecule has 7 saturated heterocycles. The number of nitrogens with one attached hydrogen (secondary N) is 1. The second kappa shape index (κ2) is 18.3. The van der Waals surface area contributed by atoms with E-state index in [4.69, 9.17) is 42.6 Å². The molecule has 17 atom stereocenters. The highest BCUT2D eigenvalue weighted by Gasteiger charge is 2.60. The average Bonchev–Trinajstić information content (AvgIpc) is 3.78. The van der Waals surface area contributed by atoms with Crippen LogP contribution in [-0.2, 0) is 47.4 Å². The molecule has 7 heterocycles. The molecule has 12 nitrogen and oxygen atoms in total. The second-order valence-electron chi connectivity index (χ2n) is 17.6. The maximum absolute atomic E-state index is 13.6. The molecule has 12 heteroatoms. The summed E-state index contributed by atoms with van der Waals surface area (Å²) in [6, 6.07) is 0. The van der Waals surface area contributed by atoms with Crippen LogP contribution in [0.4, 0.5) is 0 Å². The van der Waals surface area contributed by atoms with Gasteiger partial charge in [-0.1, -0.05) is 20.1 Å². The third-order valence-corrected chi connectivity index (χ3v) is 13.7. The standard InChI is InChI=1S/C43H69NO11/c1-8-44-23-29(46)20-36-40(48-7)33(27(5)50-36)19-28(45)18-31-12-14-35-41(52-31)38-21-37(53-35)42-39(47-6)22-43(54-38,55-42)16-15-32-17-25(3)34(51-32)13-11-30-10-9-24(2)26(4)49-30/h26-27,29-42,44,46H,2-3,8-23H2,1,4-7H3/t26-,27+,29+,30-,31-,32+,33+,34+,35+,36-,37-,38-,39-,40-,41+,42-,43-/m1/s1. The Hall–Kier alpha value is -1.29. The smallest absolute Gasteiger partial charge is 0.172 e. The highest BCUT2D eigenvalue weighted by Crippen LogP contribution is 2.49. The van der Waals surface area contributed by atoms with E-state index < -0.39 is 11.9 Å². The fourth-order valence-corrected chi connectivity index (χ4v) is 10.6. The molecule has 0 amide bonds. The number of hydrogen-bond acceptors (Lipinski definition) is 12. The van der Waals surface area contributed by atoms with E-state index in [1.165, 1.54) is 5.57 Å². The van der Waals surface area contributed by atoms with Crippen LogP contribution in [-0.4, -0.2) is 136 Å². The highest BCUT2D eigenvalue weighted by molar-refractivity contribution is 5.79. The van der Waals surface area contributed by atoms with Crippen molar-refractivity contribution in [1.82, 2.24) is 5.32 Å². The molecule has 0 aromatic heterocycles. The lowest BCUT2D eigenvalue weighted by atomic mass is 9.85. The number of carbonyl (C=O) groups excluding carboxylic acids is 1. The number of aliphatic hydroxyl groups excluding tert-OH is 1. The van der Waals surface area contributed by atoms with Crippen molar-refractivity contribution >= 4 is 5.78 Å². The van der Waals surface area contributed by atoms with Gasteiger partial charge >= 0.3 is 0 Å². The number of hydrogen-bond donors (Lipinski definition) is 2. The van der Waals surface area contributed by atoms with E-state index in [0.29, 0.717) is 45.1 Å². The molecule has 7 aliphatic rings. The molecule has 0 radical (unpaired) electrons. The van der Waals surface area contributed by atoms with E-state index in [9.17, 15) is 9.90 Å². The van der Waals surface area contributed by atoms with Crippen LogP contribution in [0, 0.1) is 5.92 Å². The lowest BCUT2D eigenvalue weighted by molar-refractivity contribution is -0.277. The topological polar surface area (TPSA) is 132 Å². The van der Waals surface area contributed by atoms with E-state index in [-0.39, 0.29) is 97.2 Å². The third-order valence-electron chi connectivity index (χ3n) is 13.7. The maximum Gasteiger partial charge on any atom is 0.172 e. The summed E-state index contributed by atoms with van der Waals surface area (Å²) in [7, 11) is 3.41. The van der Waals surface area contributed by atoms with E-state index in [1.54, 1.807) is 14.2 Å². The van der Waals surface area contributed by atoms with Gasteiger partial charge in [0.15, 0.2) is 5.79 Å². The van der Waals surface area contributed by atoms with Gasteiger partial charge in [-0.15, -0.1) is 0 Å². The number of ketones is 1. The van der Waals surface area contributed by atoms with Gasteiger partial charge in [-0.3, -0.25) is 4.79 Å². The SMILES string of the molecule is C=C1C[C@H](CC[C@]23C[C@@H](OC)[C@H](O2)[C@H]2C[C@@H](O3)[C@H]3O[C@@H](CC(=O)C[C@@H]4[C@@H](OC)[C@@H](C[C@H](O)CNCC)O[C@H]4C)CC[C@@H]3O2)O[C@H]1CC[C@H]1CCC(=C)[C@@H](C)O1. The average molecular weight is 776 g/mol. The number of rotatable bonds is 17. The predicted octanol–water partition coefficient (Wildman–Crippen LogP) is 5.12. The van der Waals surface area contributed by atoms with Crippen LogP contribution in [0.25, 0.3) is 0 Å². The van der Waals surface area contributed by atoms with Crippen molar-refractivity contribution < 1.29 is 52.5 Å². The Labute approximate surface area is 328 Å². The molecular formula is C43H69NO11. The van der Waals surface area contributed by atoms with Crippen molar-refractivity contribution in [3.8, 4) is 0 Å². The summed E-state index contributed by atoms with van der Waals surface area (Å²) in [6.45, 7) is 15.9. The van der Waals surface area contributed by atoms with Crippen molar-refractivity contribution in [3.63, 3.8) is 0 Å². The van der Waals surface area contributed by atoms with Crippen LogP contribution in [0.3, 0.4) is 0 Å². The molecule has 0 unspecified atom stereocenters. The normalized spacial score (nSPS) is 44.7. The largest absolute Gasteiger partial charge is 0.392 e. The minimum Gasteiger partial charge on any atom is -0.392 e. The third kappa shape index (κ3) is 9.62. The van der Waals surface area contributed by atoms with Crippen molar-refractivity contribution in [2.45, 2.75) is 208 Å². The molecule has 0 spiro atoms. The van der Waals surface area contributed by atoms with Gasteiger partial charge in [-0.05, 0) is 82.9 Å². The molecule has 7 aliphatic heterocycles. The summed E-state index contributed by atoms with van der Waals surface area (Å²) in [5.74, 6) is -0.764. The van der Waals surface area contributed by atoms with Gasteiger partial charge in [-0.25, -0.2) is 0 Å². The maximum atomic E-state index is 13.6. The van der Waals surface area contributed by atoms with E-state index in [0.717, 1.165) is 63.5 Å². The minimum absolute atomic E-state index is 0.0430. The highest BCUT2D eigenvalue weighted by atomic mass is 16.7. The van der Waals surface area contributed by atoms with Crippen molar-refractivity contribution in [3.05, 3.63) is 24.3 Å². The lowest BCUT2D eigenvalue weighted by Gasteiger charge is -2.47. The summed E-state index contributed by atoms with van der Waals surface area (Å²) in [5, 5.41) is 13.7. The number of Topliss-reactive ketones (excluding diaryl/α,β-unsaturated/α-hetero) is 1. The van der Waals surface area contributed by atoms with E-state index in [2.05, 4.69) is 25.4 Å². The molecule has 0 aromatic rings. The first kappa shape index (κ1) is 41.9. The zero-order chi connectivity index (χ0) is 38.9. The number of ether oxygens (including phenoxy) is 9. The van der Waals surface area contributed by atoms with Crippen LogP contribution in [0.5, 0.6) is 0 Å². The first-order valence-electron chi connectivity index (χ1n) is 21.4. The van der Waals surface area contributed by atoms with Crippen LogP contribution in [0.15, 0.2) is 24.3 Å². The van der Waals surface area contributed by atoms with Crippen LogP contribution >= 0.6 is 0 Å². The van der Waals surface area contributed by atoms with Crippen LogP contribution in [0.2, 0.25) is 0 Å². The zero-order valence-electron chi connectivity index (χ0n) is 34.0. The Morgan fingerprint density at radius 3 is 2.49 bits per heavy atom. The molecule has 55 heavy (non-hydrogen) atoms. The van der Waals surface area contributed by atoms with Gasteiger partial charge in [0.25, 0.3) is 0 Å². The number of carbonyl (C=O) groups is 1. The van der Waals surface area contributed by atoms with Gasteiger partial charge in [0.1, 0.15) is 18.0 Å². The first-order valence-corrected chi connectivity index (χ1v) is 21.4. The number of methoxy groups -OCH3 is 2. The second-order valence-corrected chi connectivity index (χ2v) is 17.6. The van der Waals surface area contributed by atoms with Gasteiger partial charge in [-0.2, -0.15) is 0 Å². The fourth-order valence-electron chi connectivity index (χ4n) is 10.6. The van der Waals surface area contributed by atoms with Crippen LogP contribution < -0.4 is 5.32 Å². The van der Waals surface area contributed by atoms with Gasteiger partial charge in [0.05, 0.1) is 79.4 Å². The Kier molecular flexibility index (Phi) is 13.9. The molecule has 312 valence electrons. The molecular weight excluding hydrogens is 706 g/mol. The first-order chi connectivity index (χ1) is 26.5. The summed E-state index contributed by atoms with van der Waals surface area (Å²) >= 11 is 0. The molecule has 4 bridgehead atoms. The Morgan fingerprint density at radius 2 is 1.73 bits per heavy atom. The Morgan fingerprint density at radius 1 is 0.891 bits per heavy atom. The summed E-state index contributed by atoms with van der Waals surface area (Å²) in [5.41, 5.74) is 2.34. The summed E-state index contributed by atoms with van der Waals surface area (Å²) in [6.07, 6.45) is 8.17. The lowest BCUT2D eigenvalue weighted by Crippen LogP contribution is -2.58. The molecule has 0 aliphatic carbocycles. The Balaban J connectivity index is 0.927. The minimum atomic E-state index is -0.823. The van der Waals surface area contributed by atoms with Gasteiger partial charge < -0.3 is 53.1 Å².